The van der Waals surface area contributed by atoms with Crippen LogP contribution in [0.2, 0.25) is 18.1 Å². The molecule has 0 aliphatic carbocycles. The minimum absolute atomic E-state index is 0.0735. The molecule has 3 aliphatic rings. The maximum absolute atomic E-state index is 14.0. The van der Waals surface area contributed by atoms with Crippen LogP contribution in [-0.2, 0) is 29.1 Å². The number of hydrogen-bond donors (Lipinski definition) is 4. The van der Waals surface area contributed by atoms with Crippen LogP contribution in [0.3, 0.4) is 0 Å². The van der Waals surface area contributed by atoms with Crippen LogP contribution >= 0.6 is 0 Å². The number of aromatic nitrogens is 1. The van der Waals surface area contributed by atoms with Crippen LogP contribution in [0.25, 0.3) is 10.9 Å². The van der Waals surface area contributed by atoms with E-state index < -0.39 is 37.7 Å². The van der Waals surface area contributed by atoms with Crippen molar-refractivity contribution in [2.24, 2.45) is 5.92 Å². The lowest BCUT2D eigenvalue weighted by atomic mass is 9.84. The molecule has 3 aliphatic heterocycles. The van der Waals surface area contributed by atoms with Gasteiger partial charge in [-0.1, -0.05) is 69.3 Å². The van der Waals surface area contributed by atoms with E-state index in [1.807, 2.05) is 6.07 Å². The molecule has 3 saturated heterocycles. The molecule has 3 aromatic carbocycles. The van der Waals surface area contributed by atoms with Crippen molar-refractivity contribution in [1.82, 2.24) is 14.8 Å². The number of carbonyl (C=O) groups excluding carboxylic acids is 3. The van der Waals surface area contributed by atoms with E-state index in [0.29, 0.717) is 41.6 Å². The van der Waals surface area contributed by atoms with Crippen molar-refractivity contribution in [1.29, 1.82) is 0 Å². The zero-order chi connectivity index (χ0) is 45.0. The number of phenolic OH excluding ortho intramolecular Hbond substituents is 1. The van der Waals surface area contributed by atoms with Gasteiger partial charge in [0.25, 0.3) is 0 Å². The Balaban J connectivity index is 1.16. The molecule has 334 valence electrons. The van der Waals surface area contributed by atoms with Gasteiger partial charge in [-0.25, -0.2) is 9.59 Å². The van der Waals surface area contributed by atoms with E-state index in [-0.39, 0.29) is 64.9 Å². The maximum atomic E-state index is 14.0. The van der Waals surface area contributed by atoms with Gasteiger partial charge in [-0.05, 0) is 119 Å². The number of anilines is 1. The number of piperidine rings is 3. The molecular weight excluding hydrogens is 805 g/mol. The van der Waals surface area contributed by atoms with Gasteiger partial charge in [0.15, 0.2) is 8.32 Å². The van der Waals surface area contributed by atoms with E-state index in [4.69, 9.17) is 13.9 Å². The normalized spacial score (nSPS) is 19.3. The number of pyridine rings is 1. The summed E-state index contributed by atoms with van der Waals surface area (Å²) in [5.74, 6) is -0.829. The predicted molar refractivity (Wildman–Crippen MR) is 242 cm³/mol. The summed E-state index contributed by atoms with van der Waals surface area (Å²) < 4.78 is 19.0. The van der Waals surface area contributed by atoms with E-state index in [1.54, 1.807) is 86.3 Å². The average molecular weight is 869 g/mol. The number of hydrogen-bond acceptors (Lipinski definition) is 10. The molecule has 0 radical (unpaired) electrons. The molecule has 7 rings (SSSR count). The minimum atomic E-state index is -2.47. The Morgan fingerprint density at radius 3 is 2.26 bits per heavy atom. The first-order valence-corrected chi connectivity index (χ1v) is 24.7. The summed E-state index contributed by atoms with van der Waals surface area (Å²) in [6, 6.07) is 21.7. The number of aromatic amines is 1. The number of phenols is 1. The lowest BCUT2D eigenvalue weighted by Gasteiger charge is -2.44. The molecule has 62 heavy (non-hydrogen) atoms. The summed E-state index contributed by atoms with van der Waals surface area (Å²) in [5.41, 5.74) is -1.17. The van der Waals surface area contributed by atoms with E-state index in [2.05, 4.69) is 49.1 Å². The third kappa shape index (κ3) is 10.9. The SMILES string of the molecule is CC(C)(C)OC(=O)N(CCCCC(=O)Nc1cccc(C(O)(C(=O)OC2CN3CCC2CC3)c2ccccc2)c1)CC(O[Si](C)(C)C(C)(C)C)c1ccc(O)c2[nH]c(=O)ccc12. The quantitative estimate of drug-likeness (QED) is 0.0519. The minimum Gasteiger partial charge on any atom is -0.506 e. The lowest BCUT2D eigenvalue weighted by molar-refractivity contribution is -0.177. The Morgan fingerprint density at radius 2 is 1.61 bits per heavy atom. The van der Waals surface area contributed by atoms with E-state index in [9.17, 15) is 29.4 Å². The number of amides is 2. The van der Waals surface area contributed by atoms with Gasteiger partial charge in [0, 0.05) is 42.2 Å². The monoisotopic (exact) mass is 868 g/mol. The van der Waals surface area contributed by atoms with Crippen molar-refractivity contribution >= 4 is 42.9 Å². The number of H-pyrrole nitrogens is 1. The third-order valence-electron chi connectivity index (χ3n) is 12.5. The number of aliphatic hydroxyl groups is 1. The average Bonchev–Trinajstić information content (AvgIpc) is 3.21. The molecule has 2 bridgehead atoms. The highest BCUT2D eigenvalue weighted by atomic mass is 28.4. The Morgan fingerprint density at radius 1 is 0.919 bits per heavy atom. The van der Waals surface area contributed by atoms with Crippen LogP contribution < -0.4 is 10.9 Å². The Hall–Kier alpha value is -5.02. The first kappa shape index (κ1) is 46.5. The molecule has 14 heteroatoms. The van der Waals surface area contributed by atoms with Crippen molar-refractivity contribution in [3.63, 3.8) is 0 Å². The number of unbranched alkanes of at least 4 members (excludes halogenated alkanes) is 1. The Labute approximate surface area is 365 Å². The van der Waals surface area contributed by atoms with Crippen LogP contribution in [0.5, 0.6) is 5.75 Å². The van der Waals surface area contributed by atoms with E-state index in [1.165, 1.54) is 12.1 Å². The smallest absolute Gasteiger partial charge is 0.410 e. The molecule has 0 saturated carbocycles. The molecule has 4 heterocycles. The van der Waals surface area contributed by atoms with Crippen LogP contribution in [0.15, 0.2) is 83.7 Å². The van der Waals surface area contributed by atoms with Crippen molar-refractivity contribution in [2.45, 2.75) is 115 Å². The highest BCUT2D eigenvalue weighted by Gasteiger charge is 2.46. The molecular formula is C48H64N4O9Si. The van der Waals surface area contributed by atoms with E-state index in [0.717, 1.165) is 25.9 Å². The second-order valence-corrected chi connectivity index (χ2v) is 24.1. The first-order valence-electron chi connectivity index (χ1n) is 21.8. The van der Waals surface area contributed by atoms with Gasteiger partial charge in [0.1, 0.15) is 17.5 Å². The summed E-state index contributed by atoms with van der Waals surface area (Å²) in [7, 11) is -2.47. The fourth-order valence-electron chi connectivity index (χ4n) is 8.04. The molecule has 3 atom stereocenters. The molecule has 1 aromatic heterocycles. The molecule has 3 fully saturated rings. The standard InChI is InChI=1S/C48H64N4O9Si/c1-46(2,3)60-45(57)52(31-40(61-62(7,8)47(4,5)6)36-20-22-38(53)43-37(36)21-23-42(55)50-43)26-13-12-19-41(54)49-35-18-14-17-34(29-35)48(58,33-15-10-9-11-16-33)44(56)59-39-30-51-27-24-32(39)25-28-51/h9-11,14-18,20-23,29,32,39-40,53,58H,12-13,19,24-28,30-31H2,1-8H3,(H,49,54)(H,50,55). The number of carbonyl (C=O) groups is 3. The number of esters is 1. The molecule has 13 nitrogen and oxygen atoms in total. The maximum Gasteiger partial charge on any atom is 0.410 e. The van der Waals surface area contributed by atoms with Crippen LogP contribution in [-0.4, -0.2) is 95.7 Å². The summed E-state index contributed by atoms with van der Waals surface area (Å²) >= 11 is 0. The molecule has 4 N–H and O–H groups in total. The Bertz CT molecular complexity index is 2280. The summed E-state index contributed by atoms with van der Waals surface area (Å²) in [4.78, 5) is 60.2. The largest absolute Gasteiger partial charge is 0.506 e. The highest BCUT2D eigenvalue weighted by molar-refractivity contribution is 6.74. The zero-order valence-electron chi connectivity index (χ0n) is 37.5. The van der Waals surface area contributed by atoms with Gasteiger partial charge in [-0.15, -0.1) is 0 Å². The summed E-state index contributed by atoms with van der Waals surface area (Å²) in [5, 5.41) is 26.3. The molecule has 3 unspecified atom stereocenters. The predicted octanol–water partition coefficient (Wildman–Crippen LogP) is 8.22. The van der Waals surface area contributed by atoms with Gasteiger partial charge in [0.2, 0.25) is 17.1 Å². The summed E-state index contributed by atoms with van der Waals surface area (Å²) in [6.07, 6.45) is 1.46. The van der Waals surface area contributed by atoms with Crippen molar-refractivity contribution < 1.29 is 38.5 Å². The second kappa shape index (κ2) is 18.8. The van der Waals surface area contributed by atoms with Gasteiger partial charge < -0.3 is 39.3 Å². The van der Waals surface area contributed by atoms with Gasteiger partial charge in [-0.2, -0.15) is 0 Å². The Kier molecular flexibility index (Phi) is 14.1. The fourth-order valence-corrected chi connectivity index (χ4v) is 9.30. The van der Waals surface area contributed by atoms with Crippen LogP contribution in [0, 0.1) is 5.92 Å². The van der Waals surface area contributed by atoms with Crippen molar-refractivity contribution in [3.05, 3.63) is 106 Å². The zero-order valence-corrected chi connectivity index (χ0v) is 38.5. The van der Waals surface area contributed by atoms with Crippen molar-refractivity contribution in [3.8, 4) is 5.75 Å². The second-order valence-electron chi connectivity index (χ2n) is 19.3. The molecule has 0 spiro atoms. The number of benzene rings is 3. The molecule has 4 aromatic rings. The fraction of sp³-hybridized carbons (Fsp3) is 0.500. The van der Waals surface area contributed by atoms with Gasteiger partial charge in [-0.3, -0.25) is 14.5 Å². The third-order valence-corrected chi connectivity index (χ3v) is 17.0. The number of nitrogens with zero attached hydrogens (tertiary/aromatic N) is 2. The van der Waals surface area contributed by atoms with E-state index >= 15 is 0 Å². The number of aromatic hydroxyl groups is 1. The number of ether oxygens (including phenoxy) is 2. The van der Waals surface area contributed by atoms with Gasteiger partial charge >= 0.3 is 12.1 Å². The lowest BCUT2D eigenvalue weighted by Crippen LogP contribution is -2.53. The van der Waals surface area contributed by atoms with Crippen LogP contribution in [0.1, 0.15) is 96.4 Å². The molecule has 2 amide bonds. The van der Waals surface area contributed by atoms with Crippen molar-refractivity contribution in [2.75, 3.05) is 38.0 Å². The van der Waals surface area contributed by atoms with Gasteiger partial charge in [0.05, 0.1) is 18.2 Å². The number of rotatable bonds is 15. The topological polar surface area (TPSA) is 171 Å². The first-order chi connectivity index (χ1) is 29.1. The highest BCUT2D eigenvalue weighted by Crippen LogP contribution is 2.42. The summed E-state index contributed by atoms with van der Waals surface area (Å²) in [6.45, 7) is 19.1. The number of fused-ring (bicyclic) bond motifs is 4. The number of nitrogens with one attached hydrogen (secondary N) is 2. The van der Waals surface area contributed by atoms with Crippen LogP contribution in [0.4, 0.5) is 10.5 Å².